The van der Waals surface area contributed by atoms with Gasteiger partial charge < -0.3 is 9.47 Å². The molecule has 0 bridgehead atoms. The number of hydrazone groups is 1. The molecule has 5 nitrogen and oxygen atoms in total. The zero-order valence-electron chi connectivity index (χ0n) is 9.11. The van der Waals surface area contributed by atoms with Gasteiger partial charge in [-0.2, -0.15) is 5.10 Å². The number of amidine groups is 1. The van der Waals surface area contributed by atoms with E-state index in [0.29, 0.717) is 23.8 Å². The summed E-state index contributed by atoms with van der Waals surface area (Å²) in [4.78, 5) is 11.5. The summed E-state index contributed by atoms with van der Waals surface area (Å²) >= 11 is 0. The molecule has 1 aromatic carbocycles. The van der Waals surface area contributed by atoms with E-state index in [-0.39, 0.29) is 5.78 Å². The normalized spacial score (nSPS) is 12.5. The molecule has 0 saturated heterocycles. The van der Waals surface area contributed by atoms with Crippen molar-refractivity contribution in [1.29, 1.82) is 0 Å². The Kier molecular flexibility index (Phi) is 2.76. The van der Waals surface area contributed by atoms with Crippen molar-refractivity contribution in [2.45, 2.75) is 6.42 Å². The fourth-order valence-electron chi connectivity index (χ4n) is 1.41. The van der Waals surface area contributed by atoms with Crippen molar-refractivity contribution in [2.75, 3.05) is 14.2 Å². The van der Waals surface area contributed by atoms with E-state index in [1.165, 1.54) is 0 Å². The molecule has 2 rings (SSSR count). The lowest BCUT2D eigenvalue weighted by molar-refractivity contribution is -0.112. The average molecular weight is 220 g/mol. The van der Waals surface area contributed by atoms with Gasteiger partial charge in [-0.05, 0) is 17.7 Å². The first kappa shape index (κ1) is 10.5. The highest BCUT2D eigenvalue weighted by molar-refractivity contribution is 6.43. The minimum atomic E-state index is -0.0211. The van der Waals surface area contributed by atoms with E-state index in [1.807, 2.05) is 6.07 Å². The molecule has 0 unspecified atom stereocenters. The van der Waals surface area contributed by atoms with Gasteiger partial charge in [-0.25, -0.2) is 0 Å². The Morgan fingerprint density at radius 3 is 2.56 bits per heavy atom. The van der Waals surface area contributed by atoms with Gasteiger partial charge in [-0.15, -0.1) is 0 Å². The molecule has 1 aliphatic rings. The van der Waals surface area contributed by atoms with Crippen molar-refractivity contribution in [2.24, 2.45) is 5.10 Å². The van der Waals surface area contributed by atoms with Crippen LogP contribution in [0.4, 0.5) is 0 Å². The topological polar surface area (TPSA) is 69.8 Å². The maximum Gasteiger partial charge on any atom is 0.210 e. The first-order valence-corrected chi connectivity index (χ1v) is 4.82. The van der Waals surface area contributed by atoms with Crippen molar-refractivity contribution in [3.63, 3.8) is 0 Å². The van der Waals surface area contributed by atoms with Crippen molar-refractivity contribution < 1.29 is 14.3 Å². The second-order valence-corrected chi connectivity index (χ2v) is 3.36. The van der Waals surface area contributed by atoms with Crippen LogP contribution in [0.25, 0.3) is 0 Å². The summed E-state index contributed by atoms with van der Waals surface area (Å²) in [5.74, 6) is 1.70. The second kappa shape index (κ2) is 4.22. The number of methoxy groups -OCH3 is 2. The fourth-order valence-corrected chi connectivity index (χ4v) is 1.41. The molecule has 0 atom stereocenters. The number of carbonyl (C=O) groups excluding carboxylic acids is 1. The Labute approximate surface area is 93.1 Å². The Morgan fingerprint density at radius 1 is 1.31 bits per heavy atom. The van der Waals surface area contributed by atoms with Crippen molar-refractivity contribution in [3.8, 4) is 11.5 Å². The van der Waals surface area contributed by atoms with Crippen LogP contribution in [0.3, 0.4) is 0 Å². The third-order valence-electron chi connectivity index (χ3n) is 2.30. The Bertz CT molecular complexity index is 455. The van der Waals surface area contributed by atoms with Crippen LogP contribution in [0.1, 0.15) is 5.56 Å². The summed E-state index contributed by atoms with van der Waals surface area (Å²) in [7, 11) is 3.14. The molecule has 5 heteroatoms. The number of rotatable bonds is 5. The smallest absolute Gasteiger partial charge is 0.210 e. The van der Waals surface area contributed by atoms with Gasteiger partial charge in [-0.3, -0.25) is 10.2 Å². The van der Waals surface area contributed by atoms with Gasteiger partial charge in [0.1, 0.15) is 0 Å². The van der Waals surface area contributed by atoms with Crippen LogP contribution >= 0.6 is 0 Å². The van der Waals surface area contributed by atoms with E-state index in [0.717, 1.165) is 5.56 Å². The van der Waals surface area contributed by atoms with E-state index in [9.17, 15) is 4.79 Å². The molecule has 0 saturated carbocycles. The Hall–Kier alpha value is -2.04. The number of ether oxygens (including phenoxy) is 2. The molecule has 1 heterocycles. The van der Waals surface area contributed by atoms with E-state index in [2.05, 4.69) is 10.5 Å². The summed E-state index contributed by atoms with van der Waals surface area (Å²) in [6.45, 7) is 0. The SMILES string of the molecule is COc1ccc(CC(=O)C2=NN2)cc1OC. The summed E-state index contributed by atoms with van der Waals surface area (Å²) in [6, 6.07) is 5.41. The van der Waals surface area contributed by atoms with Crippen LogP contribution in [0.15, 0.2) is 23.3 Å². The summed E-state index contributed by atoms with van der Waals surface area (Å²) < 4.78 is 10.3. The molecular weight excluding hydrogens is 208 g/mol. The molecule has 16 heavy (non-hydrogen) atoms. The number of carbonyl (C=O) groups is 1. The van der Waals surface area contributed by atoms with Gasteiger partial charge in [0.25, 0.3) is 0 Å². The van der Waals surface area contributed by atoms with Gasteiger partial charge in [-0.1, -0.05) is 6.07 Å². The molecule has 84 valence electrons. The van der Waals surface area contributed by atoms with Gasteiger partial charge >= 0.3 is 0 Å². The lowest BCUT2D eigenvalue weighted by Gasteiger charge is -2.08. The van der Waals surface area contributed by atoms with Gasteiger partial charge in [0.05, 0.1) is 14.2 Å². The first-order chi connectivity index (χ1) is 7.74. The summed E-state index contributed by atoms with van der Waals surface area (Å²) in [6.07, 6.45) is 0.312. The molecule has 0 aromatic heterocycles. The molecule has 0 fully saturated rings. The van der Waals surface area contributed by atoms with E-state index >= 15 is 0 Å². The van der Waals surface area contributed by atoms with Gasteiger partial charge in [0.2, 0.25) is 11.6 Å². The molecule has 0 spiro atoms. The summed E-state index contributed by atoms with van der Waals surface area (Å²) in [5.41, 5.74) is 3.42. The first-order valence-electron chi connectivity index (χ1n) is 4.82. The average Bonchev–Trinajstić information content (AvgIpc) is 3.12. The molecule has 0 amide bonds. The third-order valence-corrected chi connectivity index (χ3v) is 2.30. The van der Waals surface area contributed by atoms with Crippen LogP contribution in [0, 0.1) is 0 Å². The van der Waals surface area contributed by atoms with E-state index in [1.54, 1.807) is 26.4 Å². The number of hydrogen-bond acceptors (Lipinski definition) is 5. The van der Waals surface area contributed by atoms with Crippen molar-refractivity contribution in [1.82, 2.24) is 5.43 Å². The number of nitrogens with zero attached hydrogens (tertiary/aromatic N) is 1. The molecule has 0 aliphatic carbocycles. The lowest BCUT2D eigenvalue weighted by Crippen LogP contribution is -2.12. The Morgan fingerprint density at radius 2 is 2.00 bits per heavy atom. The number of nitrogens with one attached hydrogen (secondary N) is 1. The number of Topliss-reactive ketones (excluding diaryl/α,β-unsaturated/α-hetero) is 1. The second-order valence-electron chi connectivity index (χ2n) is 3.36. The highest BCUT2D eigenvalue weighted by atomic mass is 16.5. The van der Waals surface area contributed by atoms with E-state index < -0.39 is 0 Å². The maximum absolute atomic E-state index is 11.5. The molecule has 1 aromatic rings. The summed E-state index contributed by atoms with van der Waals surface area (Å²) in [5, 5.41) is 3.64. The van der Waals surface area contributed by atoms with Gasteiger partial charge in [0, 0.05) is 6.42 Å². The van der Waals surface area contributed by atoms with Crippen LogP contribution in [-0.4, -0.2) is 25.8 Å². The quantitative estimate of drug-likeness (QED) is 0.794. The molecule has 0 radical (unpaired) electrons. The predicted octanol–water partition coefficient (Wildman–Crippen LogP) is 0.732. The highest BCUT2D eigenvalue weighted by Crippen LogP contribution is 2.27. The number of ketones is 1. The minimum absolute atomic E-state index is 0.0211. The Balaban J connectivity index is 2.15. The maximum atomic E-state index is 11.5. The molecule has 1 N–H and O–H groups in total. The standard InChI is InChI=1S/C11H12N2O3/c1-15-9-4-3-7(6-10(9)16-2)5-8(14)11-12-13-11/h3-4,6H,5H2,1-2H3,(H,12,13). The zero-order valence-corrected chi connectivity index (χ0v) is 9.11. The number of benzene rings is 1. The monoisotopic (exact) mass is 220 g/mol. The van der Waals surface area contributed by atoms with Crippen LogP contribution < -0.4 is 14.9 Å². The molecule has 1 aliphatic heterocycles. The third kappa shape index (κ3) is 2.13. The van der Waals surface area contributed by atoms with Gasteiger partial charge in [0.15, 0.2) is 11.5 Å². The minimum Gasteiger partial charge on any atom is -0.493 e. The zero-order chi connectivity index (χ0) is 11.5. The van der Waals surface area contributed by atoms with E-state index in [4.69, 9.17) is 9.47 Å². The molecular formula is C11H12N2O3. The predicted molar refractivity (Wildman–Crippen MR) is 58.8 cm³/mol. The largest absolute Gasteiger partial charge is 0.493 e. The van der Waals surface area contributed by atoms with Crippen LogP contribution in [-0.2, 0) is 11.2 Å². The fraction of sp³-hybridized carbons (Fsp3) is 0.273. The van der Waals surface area contributed by atoms with Crippen LogP contribution in [0.2, 0.25) is 0 Å². The lowest BCUT2D eigenvalue weighted by atomic mass is 10.1. The van der Waals surface area contributed by atoms with Crippen LogP contribution in [0.5, 0.6) is 11.5 Å². The highest BCUT2D eigenvalue weighted by Gasteiger charge is 2.20. The van der Waals surface area contributed by atoms with Crippen molar-refractivity contribution in [3.05, 3.63) is 23.8 Å². The van der Waals surface area contributed by atoms with Crippen molar-refractivity contribution >= 4 is 11.6 Å². The number of hydrogen-bond donors (Lipinski definition) is 1.